The highest BCUT2D eigenvalue weighted by atomic mass is 16.5. The zero-order valence-electron chi connectivity index (χ0n) is 14.3. The van der Waals surface area contributed by atoms with E-state index in [1.807, 2.05) is 35.2 Å². The van der Waals surface area contributed by atoms with E-state index in [0.29, 0.717) is 6.54 Å². The molecule has 2 aliphatic rings. The second-order valence-corrected chi connectivity index (χ2v) is 6.65. The normalized spacial score (nSPS) is 29.8. The van der Waals surface area contributed by atoms with Crippen LogP contribution in [0.2, 0.25) is 0 Å². The summed E-state index contributed by atoms with van der Waals surface area (Å²) >= 11 is 0. The molecular formula is C18H28N4O2. The lowest BCUT2D eigenvalue weighted by atomic mass is 9.90. The quantitative estimate of drug-likeness (QED) is 0.723. The van der Waals surface area contributed by atoms with Crippen molar-refractivity contribution in [3.05, 3.63) is 35.9 Å². The van der Waals surface area contributed by atoms with Crippen molar-refractivity contribution in [2.24, 2.45) is 5.73 Å². The Morgan fingerprint density at radius 3 is 2.79 bits per heavy atom. The molecule has 1 amide bonds. The summed E-state index contributed by atoms with van der Waals surface area (Å²) in [6.07, 6.45) is 2.93. The molecule has 24 heavy (non-hydrogen) atoms. The highest BCUT2D eigenvalue weighted by Gasteiger charge is 2.41. The van der Waals surface area contributed by atoms with E-state index in [4.69, 9.17) is 10.5 Å². The number of hydrogen-bond acceptors (Lipinski definition) is 5. The van der Waals surface area contributed by atoms with Crippen LogP contribution in [-0.4, -0.2) is 48.8 Å². The number of amides is 1. The van der Waals surface area contributed by atoms with Gasteiger partial charge in [-0.3, -0.25) is 4.79 Å². The van der Waals surface area contributed by atoms with Gasteiger partial charge in [-0.1, -0.05) is 37.3 Å². The third-order valence-corrected chi connectivity index (χ3v) is 4.86. The van der Waals surface area contributed by atoms with E-state index in [0.717, 1.165) is 38.0 Å². The molecule has 6 nitrogen and oxygen atoms in total. The van der Waals surface area contributed by atoms with Crippen molar-refractivity contribution in [3.63, 3.8) is 0 Å². The molecule has 6 heteroatoms. The van der Waals surface area contributed by atoms with E-state index in [1.165, 1.54) is 0 Å². The van der Waals surface area contributed by atoms with E-state index in [2.05, 4.69) is 17.8 Å². The fraction of sp³-hybridized carbons (Fsp3) is 0.611. The minimum Gasteiger partial charge on any atom is -0.376 e. The number of hydrogen-bond donors (Lipinski definition) is 3. The second kappa shape index (κ2) is 8.07. The van der Waals surface area contributed by atoms with Crippen LogP contribution < -0.4 is 16.6 Å². The van der Waals surface area contributed by atoms with E-state index in [-0.39, 0.29) is 30.1 Å². The van der Waals surface area contributed by atoms with Crippen LogP contribution in [0.5, 0.6) is 0 Å². The minimum atomic E-state index is -0.352. The molecule has 0 radical (unpaired) electrons. The van der Waals surface area contributed by atoms with Gasteiger partial charge in [0.1, 0.15) is 6.04 Å². The minimum absolute atomic E-state index is 0.0810. The molecule has 4 atom stereocenters. The van der Waals surface area contributed by atoms with Gasteiger partial charge < -0.3 is 15.4 Å². The van der Waals surface area contributed by atoms with Gasteiger partial charge in [0.25, 0.3) is 0 Å². The van der Waals surface area contributed by atoms with Crippen molar-refractivity contribution in [1.29, 1.82) is 0 Å². The lowest BCUT2D eigenvalue weighted by Crippen LogP contribution is -2.49. The number of nitrogens with two attached hydrogens (primary N) is 1. The molecule has 2 fully saturated rings. The first kappa shape index (κ1) is 17.4. The highest BCUT2D eigenvalue weighted by molar-refractivity contribution is 5.83. The molecule has 4 unspecified atom stereocenters. The van der Waals surface area contributed by atoms with Crippen molar-refractivity contribution in [2.45, 2.75) is 50.4 Å². The Kier molecular flexibility index (Phi) is 5.84. The van der Waals surface area contributed by atoms with Gasteiger partial charge in [-0.25, -0.2) is 10.9 Å². The van der Waals surface area contributed by atoms with Crippen LogP contribution >= 0.6 is 0 Å². The third-order valence-electron chi connectivity index (χ3n) is 4.86. The lowest BCUT2D eigenvalue weighted by Gasteiger charge is -2.30. The molecule has 0 saturated carbocycles. The number of benzene rings is 1. The molecular weight excluding hydrogens is 304 g/mol. The number of nitrogens with zero attached hydrogens (tertiary/aromatic N) is 1. The number of hydrazine groups is 1. The Morgan fingerprint density at radius 2 is 2.12 bits per heavy atom. The molecule has 0 aromatic heterocycles. The molecule has 2 heterocycles. The van der Waals surface area contributed by atoms with Crippen molar-refractivity contribution < 1.29 is 9.53 Å². The van der Waals surface area contributed by atoms with Crippen LogP contribution in [0.1, 0.15) is 37.7 Å². The molecule has 2 aliphatic heterocycles. The van der Waals surface area contributed by atoms with Gasteiger partial charge in [-0.2, -0.15) is 0 Å². The first-order valence-corrected chi connectivity index (χ1v) is 8.92. The average molecular weight is 332 g/mol. The van der Waals surface area contributed by atoms with Crippen molar-refractivity contribution in [2.75, 3.05) is 19.7 Å². The van der Waals surface area contributed by atoms with Crippen LogP contribution in [0, 0.1) is 0 Å². The Labute approximate surface area is 143 Å². The van der Waals surface area contributed by atoms with Crippen molar-refractivity contribution in [3.8, 4) is 0 Å². The van der Waals surface area contributed by atoms with Crippen molar-refractivity contribution >= 4 is 5.91 Å². The summed E-state index contributed by atoms with van der Waals surface area (Å²) < 4.78 is 5.72. The maximum absolute atomic E-state index is 13.2. The van der Waals surface area contributed by atoms with Gasteiger partial charge in [-0.05, 0) is 24.8 Å². The SMILES string of the molecule is CCCN(CC1CCCO1)C(=O)C1NNC(N)C1c1ccccc1. The summed E-state index contributed by atoms with van der Waals surface area (Å²) in [6.45, 7) is 4.31. The van der Waals surface area contributed by atoms with E-state index in [9.17, 15) is 4.79 Å². The Morgan fingerprint density at radius 1 is 1.33 bits per heavy atom. The zero-order valence-corrected chi connectivity index (χ0v) is 14.3. The van der Waals surface area contributed by atoms with Crippen LogP contribution in [0.4, 0.5) is 0 Å². The Balaban J connectivity index is 1.74. The molecule has 2 saturated heterocycles. The summed E-state index contributed by atoms with van der Waals surface area (Å²) in [4.78, 5) is 15.1. The summed E-state index contributed by atoms with van der Waals surface area (Å²) in [6, 6.07) is 9.65. The van der Waals surface area contributed by atoms with Crippen LogP contribution in [0.15, 0.2) is 30.3 Å². The monoisotopic (exact) mass is 332 g/mol. The fourth-order valence-corrected chi connectivity index (χ4v) is 3.66. The number of ether oxygens (including phenoxy) is 1. The lowest BCUT2D eigenvalue weighted by molar-refractivity contribution is -0.135. The largest absolute Gasteiger partial charge is 0.376 e. The molecule has 1 aromatic rings. The van der Waals surface area contributed by atoms with Gasteiger partial charge in [0, 0.05) is 25.6 Å². The molecule has 132 valence electrons. The topological polar surface area (TPSA) is 79.6 Å². The number of rotatable bonds is 6. The van der Waals surface area contributed by atoms with E-state index in [1.54, 1.807) is 0 Å². The molecule has 0 bridgehead atoms. The Bertz CT molecular complexity index is 533. The standard InChI is InChI=1S/C18H28N4O2/c1-2-10-22(12-14-9-6-11-24-14)18(23)16-15(17(19)21-20-16)13-7-4-3-5-8-13/h3-5,7-8,14-17,20-21H,2,6,9-12,19H2,1H3. The van der Waals surface area contributed by atoms with Gasteiger partial charge in [0.15, 0.2) is 0 Å². The van der Waals surface area contributed by atoms with E-state index < -0.39 is 0 Å². The third kappa shape index (κ3) is 3.78. The predicted molar refractivity (Wildman–Crippen MR) is 93.1 cm³/mol. The van der Waals surface area contributed by atoms with Gasteiger partial charge in [0.2, 0.25) is 5.91 Å². The maximum atomic E-state index is 13.2. The molecule has 0 spiro atoms. The smallest absolute Gasteiger partial charge is 0.241 e. The zero-order chi connectivity index (χ0) is 16.9. The predicted octanol–water partition coefficient (Wildman–Crippen LogP) is 0.949. The van der Waals surface area contributed by atoms with Crippen molar-refractivity contribution in [1.82, 2.24) is 15.8 Å². The maximum Gasteiger partial charge on any atom is 0.241 e. The number of carbonyl (C=O) groups excluding carboxylic acids is 1. The van der Waals surface area contributed by atoms with Gasteiger partial charge in [-0.15, -0.1) is 0 Å². The molecule has 1 aromatic carbocycles. The highest BCUT2D eigenvalue weighted by Crippen LogP contribution is 2.26. The molecule has 3 rings (SSSR count). The molecule has 4 N–H and O–H groups in total. The van der Waals surface area contributed by atoms with Crippen LogP contribution in [0.25, 0.3) is 0 Å². The number of nitrogens with one attached hydrogen (secondary N) is 2. The van der Waals surface area contributed by atoms with E-state index >= 15 is 0 Å². The number of carbonyl (C=O) groups is 1. The van der Waals surface area contributed by atoms with Crippen LogP contribution in [-0.2, 0) is 9.53 Å². The summed E-state index contributed by atoms with van der Waals surface area (Å²) in [5.74, 6) is 0.0178. The second-order valence-electron chi connectivity index (χ2n) is 6.65. The van der Waals surface area contributed by atoms with Gasteiger partial charge >= 0.3 is 0 Å². The molecule has 0 aliphatic carbocycles. The fourth-order valence-electron chi connectivity index (χ4n) is 3.66. The first-order chi connectivity index (χ1) is 11.7. The summed E-state index contributed by atoms with van der Waals surface area (Å²) in [7, 11) is 0. The van der Waals surface area contributed by atoms with Crippen LogP contribution in [0.3, 0.4) is 0 Å². The summed E-state index contributed by atoms with van der Waals surface area (Å²) in [5.41, 5.74) is 13.4. The summed E-state index contributed by atoms with van der Waals surface area (Å²) in [5, 5.41) is 0. The van der Waals surface area contributed by atoms with Gasteiger partial charge in [0.05, 0.1) is 12.3 Å². The Hall–Kier alpha value is -1.47. The average Bonchev–Trinajstić information content (AvgIpc) is 3.24. The first-order valence-electron chi connectivity index (χ1n) is 8.92.